The lowest BCUT2D eigenvalue weighted by Crippen LogP contribution is -2.47. The second kappa shape index (κ2) is 9.93. The Kier molecular flexibility index (Phi) is 7.32. The molecule has 0 unspecified atom stereocenters. The van der Waals surface area contributed by atoms with E-state index in [1.165, 1.54) is 24.0 Å². The lowest BCUT2D eigenvalue weighted by Gasteiger charge is -2.32. The predicted molar refractivity (Wildman–Crippen MR) is 104 cm³/mol. The average molecular weight is 360 g/mol. The molecule has 0 spiro atoms. The fourth-order valence-electron chi connectivity index (χ4n) is 3.45. The number of rotatable bonds is 9. The van der Waals surface area contributed by atoms with Crippen molar-refractivity contribution in [2.24, 2.45) is 5.92 Å². The molecule has 144 valence electrons. The molecular weight excluding hydrogens is 326 g/mol. The summed E-state index contributed by atoms with van der Waals surface area (Å²) in [6, 6.07) is 8.96. The maximum atomic E-state index is 12.0. The van der Waals surface area contributed by atoms with Crippen molar-refractivity contribution in [2.45, 2.75) is 51.6 Å². The lowest BCUT2D eigenvalue weighted by molar-refractivity contribution is 0.122. The molecule has 1 saturated carbocycles. The van der Waals surface area contributed by atoms with E-state index in [4.69, 9.17) is 4.74 Å². The minimum atomic E-state index is -0.0377. The van der Waals surface area contributed by atoms with Crippen molar-refractivity contribution in [2.75, 3.05) is 32.8 Å². The third kappa shape index (κ3) is 6.96. The van der Waals surface area contributed by atoms with Gasteiger partial charge in [0.2, 0.25) is 0 Å². The Hall–Kier alpha value is -1.59. The zero-order chi connectivity index (χ0) is 18.2. The number of urea groups is 1. The molecule has 1 aromatic rings. The van der Waals surface area contributed by atoms with Crippen molar-refractivity contribution in [1.82, 2.24) is 15.5 Å². The Balaban J connectivity index is 1.24. The molecule has 5 nitrogen and oxygen atoms in total. The normalized spacial score (nSPS) is 18.7. The van der Waals surface area contributed by atoms with Crippen LogP contribution < -0.4 is 10.6 Å². The number of aryl methyl sites for hydroxylation is 1. The van der Waals surface area contributed by atoms with Gasteiger partial charge in [-0.3, -0.25) is 4.90 Å². The number of carbonyl (C=O) groups excluding carboxylic acids is 1. The molecule has 2 N–H and O–H groups in total. The quantitative estimate of drug-likeness (QED) is 0.666. The number of amides is 2. The van der Waals surface area contributed by atoms with Crippen LogP contribution in [-0.2, 0) is 11.3 Å². The van der Waals surface area contributed by atoms with Gasteiger partial charge < -0.3 is 15.4 Å². The van der Waals surface area contributed by atoms with Crippen LogP contribution in [0.15, 0.2) is 24.3 Å². The van der Waals surface area contributed by atoms with Gasteiger partial charge in [0.1, 0.15) is 0 Å². The first-order chi connectivity index (χ1) is 12.7. The predicted octanol–water partition coefficient (Wildman–Crippen LogP) is 3.08. The lowest BCUT2D eigenvalue weighted by atomic mass is 10.0. The minimum Gasteiger partial charge on any atom is -0.381 e. The number of ether oxygens (including phenoxy) is 1. The van der Waals surface area contributed by atoms with Crippen molar-refractivity contribution in [3.8, 4) is 0 Å². The molecule has 1 aromatic carbocycles. The van der Waals surface area contributed by atoms with E-state index < -0.39 is 0 Å². The molecule has 1 aliphatic carbocycles. The number of hydrogen-bond acceptors (Lipinski definition) is 3. The number of hydrogen-bond donors (Lipinski definition) is 2. The summed E-state index contributed by atoms with van der Waals surface area (Å²) in [6.07, 6.45) is 5.57. The number of benzene rings is 1. The molecule has 1 heterocycles. The fraction of sp³-hybridized carbons (Fsp3) is 0.667. The Morgan fingerprint density at radius 2 is 2.04 bits per heavy atom. The highest BCUT2D eigenvalue weighted by Gasteiger charge is 2.21. The van der Waals surface area contributed by atoms with Gasteiger partial charge in [0.25, 0.3) is 0 Å². The summed E-state index contributed by atoms with van der Waals surface area (Å²) in [7, 11) is 0. The van der Waals surface area contributed by atoms with E-state index in [1.54, 1.807) is 0 Å². The molecule has 3 rings (SSSR count). The van der Waals surface area contributed by atoms with E-state index >= 15 is 0 Å². The first-order valence-corrected chi connectivity index (χ1v) is 10.1. The third-order valence-corrected chi connectivity index (χ3v) is 5.21. The zero-order valence-corrected chi connectivity index (χ0v) is 16.0. The van der Waals surface area contributed by atoms with Crippen molar-refractivity contribution in [3.63, 3.8) is 0 Å². The second-order valence-electron chi connectivity index (χ2n) is 7.81. The van der Waals surface area contributed by atoms with Gasteiger partial charge in [0.05, 0.1) is 0 Å². The van der Waals surface area contributed by atoms with Crippen molar-refractivity contribution < 1.29 is 9.53 Å². The van der Waals surface area contributed by atoms with Crippen LogP contribution in [0.1, 0.15) is 43.2 Å². The SMILES string of the molecule is Cc1cccc(CN2CCC(NC(=O)NCCCOCC3CC3)CC2)c1. The Morgan fingerprint density at radius 3 is 2.77 bits per heavy atom. The molecule has 1 saturated heterocycles. The summed E-state index contributed by atoms with van der Waals surface area (Å²) in [5, 5.41) is 6.06. The van der Waals surface area contributed by atoms with E-state index in [0.29, 0.717) is 6.54 Å². The van der Waals surface area contributed by atoms with Crippen LogP contribution in [0.2, 0.25) is 0 Å². The number of piperidine rings is 1. The molecule has 26 heavy (non-hydrogen) atoms. The molecule has 0 aromatic heterocycles. The minimum absolute atomic E-state index is 0.0377. The highest BCUT2D eigenvalue weighted by atomic mass is 16.5. The van der Waals surface area contributed by atoms with Crippen molar-refractivity contribution >= 4 is 6.03 Å². The van der Waals surface area contributed by atoms with Crippen LogP contribution in [0.5, 0.6) is 0 Å². The highest BCUT2D eigenvalue weighted by Crippen LogP contribution is 2.28. The smallest absolute Gasteiger partial charge is 0.315 e. The summed E-state index contributed by atoms with van der Waals surface area (Å²) in [5.74, 6) is 0.808. The van der Waals surface area contributed by atoms with E-state index in [-0.39, 0.29) is 12.1 Å². The molecule has 2 fully saturated rings. The molecule has 5 heteroatoms. The van der Waals surface area contributed by atoms with Crippen LogP contribution in [0.4, 0.5) is 4.79 Å². The Morgan fingerprint density at radius 1 is 1.23 bits per heavy atom. The van der Waals surface area contributed by atoms with Gasteiger partial charge in [-0.1, -0.05) is 29.8 Å². The van der Waals surface area contributed by atoms with Gasteiger partial charge in [-0.15, -0.1) is 0 Å². The Bertz CT molecular complexity index is 566. The van der Waals surface area contributed by atoms with Gasteiger partial charge in [-0.2, -0.15) is 0 Å². The molecule has 0 radical (unpaired) electrons. The summed E-state index contributed by atoms with van der Waals surface area (Å²) in [4.78, 5) is 14.5. The van der Waals surface area contributed by atoms with Crippen LogP contribution in [-0.4, -0.2) is 49.8 Å². The van der Waals surface area contributed by atoms with Gasteiger partial charge in [-0.05, 0) is 50.5 Å². The first kappa shape index (κ1) is 19.2. The van der Waals surface area contributed by atoms with E-state index in [9.17, 15) is 4.79 Å². The third-order valence-electron chi connectivity index (χ3n) is 5.21. The van der Waals surface area contributed by atoms with Crippen molar-refractivity contribution in [3.05, 3.63) is 35.4 Å². The Labute approximate surface area is 157 Å². The van der Waals surface area contributed by atoms with E-state index in [1.807, 2.05) is 0 Å². The number of likely N-dealkylation sites (tertiary alicyclic amines) is 1. The van der Waals surface area contributed by atoms with Gasteiger partial charge in [0.15, 0.2) is 0 Å². The summed E-state index contributed by atoms with van der Waals surface area (Å²) in [5.41, 5.74) is 2.69. The highest BCUT2D eigenvalue weighted by molar-refractivity contribution is 5.74. The molecule has 1 aliphatic heterocycles. The first-order valence-electron chi connectivity index (χ1n) is 10.1. The van der Waals surface area contributed by atoms with Gasteiger partial charge >= 0.3 is 6.03 Å². The number of nitrogens with zero attached hydrogens (tertiary/aromatic N) is 1. The largest absolute Gasteiger partial charge is 0.381 e. The molecule has 2 amide bonds. The van der Waals surface area contributed by atoms with Gasteiger partial charge in [-0.25, -0.2) is 4.79 Å². The van der Waals surface area contributed by atoms with Crippen LogP contribution in [0, 0.1) is 12.8 Å². The average Bonchev–Trinajstić information content (AvgIpc) is 3.44. The summed E-state index contributed by atoms with van der Waals surface area (Å²) >= 11 is 0. The maximum absolute atomic E-state index is 12.0. The van der Waals surface area contributed by atoms with E-state index in [2.05, 4.69) is 46.7 Å². The zero-order valence-electron chi connectivity index (χ0n) is 16.0. The second-order valence-corrected chi connectivity index (χ2v) is 7.81. The molecule has 2 aliphatic rings. The fourth-order valence-corrected chi connectivity index (χ4v) is 3.45. The number of carbonyl (C=O) groups is 1. The summed E-state index contributed by atoms with van der Waals surface area (Å²) < 4.78 is 5.58. The topological polar surface area (TPSA) is 53.6 Å². The standard InChI is InChI=1S/C21H33N3O2/c1-17-4-2-5-19(14-17)15-24-11-8-20(9-12-24)23-21(25)22-10-3-13-26-16-18-6-7-18/h2,4-5,14,18,20H,3,6-13,15-16H2,1H3,(H2,22,23,25). The van der Waals surface area contributed by atoms with E-state index in [0.717, 1.165) is 58.0 Å². The summed E-state index contributed by atoms with van der Waals surface area (Å²) in [6.45, 7) is 7.53. The molecular formula is C21H33N3O2. The van der Waals surface area contributed by atoms with Crippen LogP contribution in [0.3, 0.4) is 0 Å². The monoisotopic (exact) mass is 359 g/mol. The van der Waals surface area contributed by atoms with Crippen molar-refractivity contribution in [1.29, 1.82) is 0 Å². The molecule has 0 atom stereocenters. The van der Waals surface area contributed by atoms with Crippen LogP contribution in [0.25, 0.3) is 0 Å². The number of nitrogens with one attached hydrogen (secondary N) is 2. The molecule has 0 bridgehead atoms. The van der Waals surface area contributed by atoms with Gasteiger partial charge in [0, 0.05) is 45.4 Å². The van der Waals surface area contributed by atoms with Crippen LogP contribution >= 0.6 is 0 Å². The maximum Gasteiger partial charge on any atom is 0.315 e.